The molecule has 2 saturated heterocycles. The van der Waals surface area contributed by atoms with Crippen molar-refractivity contribution in [3.63, 3.8) is 0 Å². The largest absolute Gasteiger partial charge is 0.444 e. The van der Waals surface area contributed by atoms with E-state index in [2.05, 4.69) is 0 Å². The monoisotopic (exact) mass is 259 g/mol. The molecule has 2 N–H and O–H groups in total. The van der Waals surface area contributed by atoms with Crippen LogP contribution in [-0.2, 0) is 9.47 Å². The molecular formula is C12H21NO5. The fourth-order valence-corrected chi connectivity index (χ4v) is 2.58. The number of amides is 1. The van der Waals surface area contributed by atoms with Gasteiger partial charge in [0.05, 0.1) is 19.3 Å². The van der Waals surface area contributed by atoms with Crippen LogP contribution < -0.4 is 0 Å². The van der Waals surface area contributed by atoms with E-state index in [1.165, 1.54) is 4.90 Å². The van der Waals surface area contributed by atoms with Crippen LogP contribution in [0.4, 0.5) is 4.79 Å². The number of hydrogen-bond donors (Lipinski definition) is 2. The summed E-state index contributed by atoms with van der Waals surface area (Å²) in [5, 5.41) is 19.9. The minimum absolute atomic E-state index is 0.0828. The standard InChI is InChI=1S/C12H21NO5/c1-11(2,3)18-10(16)13-6-8(14)9(15)12(13)4-5-17-7-12/h8-9,14-15H,4-7H2,1-3H3. The predicted octanol–water partition coefficient (Wildman–Crippen LogP) is 0.118. The van der Waals surface area contributed by atoms with Gasteiger partial charge < -0.3 is 19.7 Å². The van der Waals surface area contributed by atoms with Crippen LogP contribution in [0, 0.1) is 0 Å². The van der Waals surface area contributed by atoms with Gasteiger partial charge in [0.2, 0.25) is 0 Å². The van der Waals surface area contributed by atoms with Crippen LogP contribution in [0.15, 0.2) is 0 Å². The lowest BCUT2D eigenvalue weighted by Gasteiger charge is -2.36. The van der Waals surface area contributed by atoms with E-state index in [0.717, 1.165) is 0 Å². The van der Waals surface area contributed by atoms with Crippen molar-refractivity contribution in [1.29, 1.82) is 0 Å². The highest BCUT2D eigenvalue weighted by atomic mass is 16.6. The number of aliphatic hydroxyl groups is 2. The summed E-state index contributed by atoms with van der Waals surface area (Å²) in [6, 6.07) is 0. The van der Waals surface area contributed by atoms with Gasteiger partial charge in [-0.15, -0.1) is 0 Å². The molecule has 0 saturated carbocycles. The molecule has 2 fully saturated rings. The third-order valence-electron chi connectivity index (χ3n) is 3.47. The van der Waals surface area contributed by atoms with Crippen molar-refractivity contribution in [3.05, 3.63) is 0 Å². The van der Waals surface area contributed by atoms with Gasteiger partial charge in [0.25, 0.3) is 0 Å². The number of hydrogen-bond acceptors (Lipinski definition) is 5. The summed E-state index contributed by atoms with van der Waals surface area (Å²) in [6.45, 7) is 6.15. The van der Waals surface area contributed by atoms with Gasteiger partial charge in [0.15, 0.2) is 0 Å². The molecule has 0 aromatic heterocycles. The molecule has 6 heteroatoms. The smallest absolute Gasteiger partial charge is 0.411 e. The molecule has 2 rings (SSSR count). The minimum Gasteiger partial charge on any atom is -0.444 e. The lowest BCUT2D eigenvalue weighted by Crippen LogP contribution is -2.55. The third kappa shape index (κ3) is 2.20. The number of nitrogens with zero attached hydrogens (tertiary/aromatic N) is 1. The molecule has 3 atom stereocenters. The lowest BCUT2D eigenvalue weighted by atomic mass is 9.92. The summed E-state index contributed by atoms with van der Waals surface area (Å²) in [7, 11) is 0. The number of likely N-dealkylation sites (tertiary alicyclic amines) is 1. The molecule has 0 aromatic rings. The molecule has 2 aliphatic heterocycles. The quantitative estimate of drug-likeness (QED) is 0.646. The van der Waals surface area contributed by atoms with Gasteiger partial charge in [-0.05, 0) is 27.2 Å². The van der Waals surface area contributed by atoms with E-state index >= 15 is 0 Å². The van der Waals surface area contributed by atoms with Gasteiger partial charge in [-0.3, -0.25) is 4.90 Å². The van der Waals surface area contributed by atoms with Crippen molar-refractivity contribution >= 4 is 6.09 Å². The van der Waals surface area contributed by atoms with Crippen LogP contribution >= 0.6 is 0 Å². The zero-order valence-corrected chi connectivity index (χ0v) is 11.0. The molecular weight excluding hydrogens is 238 g/mol. The van der Waals surface area contributed by atoms with Gasteiger partial charge in [-0.25, -0.2) is 4.79 Å². The number of ether oxygens (including phenoxy) is 2. The SMILES string of the molecule is CC(C)(C)OC(=O)N1CC(O)C(O)C12CCOC2. The summed E-state index contributed by atoms with van der Waals surface area (Å²) < 4.78 is 10.6. The number of rotatable bonds is 0. The van der Waals surface area contributed by atoms with Crippen LogP contribution in [0.25, 0.3) is 0 Å². The Morgan fingerprint density at radius 2 is 2.11 bits per heavy atom. The number of aliphatic hydroxyl groups excluding tert-OH is 2. The van der Waals surface area contributed by atoms with Crippen molar-refractivity contribution < 1.29 is 24.5 Å². The molecule has 0 bridgehead atoms. The van der Waals surface area contributed by atoms with E-state index in [-0.39, 0.29) is 13.2 Å². The van der Waals surface area contributed by atoms with E-state index in [1.54, 1.807) is 20.8 Å². The maximum Gasteiger partial charge on any atom is 0.411 e. The molecule has 104 valence electrons. The van der Waals surface area contributed by atoms with Crippen LogP contribution in [-0.4, -0.2) is 64.3 Å². The molecule has 0 radical (unpaired) electrons. The van der Waals surface area contributed by atoms with Crippen LogP contribution in [0.5, 0.6) is 0 Å². The van der Waals surface area contributed by atoms with Gasteiger partial charge in [0, 0.05) is 6.61 Å². The lowest BCUT2D eigenvalue weighted by molar-refractivity contribution is -0.0278. The van der Waals surface area contributed by atoms with Gasteiger partial charge in [-0.1, -0.05) is 0 Å². The second-order valence-electron chi connectivity index (χ2n) is 6.01. The zero-order chi connectivity index (χ0) is 13.6. The average Bonchev–Trinajstić information content (AvgIpc) is 2.79. The fourth-order valence-electron chi connectivity index (χ4n) is 2.58. The Balaban J connectivity index is 2.18. The predicted molar refractivity (Wildman–Crippen MR) is 63.1 cm³/mol. The van der Waals surface area contributed by atoms with E-state index in [9.17, 15) is 15.0 Å². The Morgan fingerprint density at radius 1 is 1.44 bits per heavy atom. The minimum atomic E-state index is -0.979. The van der Waals surface area contributed by atoms with E-state index in [0.29, 0.717) is 13.0 Å². The summed E-state index contributed by atoms with van der Waals surface area (Å²) in [5.74, 6) is 0. The second-order valence-corrected chi connectivity index (χ2v) is 6.01. The van der Waals surface area contributed by atoms with Crippen molar-refractivity contribution in [1.82, 2.24) is 4.90 Å². The maximum atomic E-state index is 12.1. The molecule has 0 aromatic carbocycles. The van der Waals surface area contributed by atoms with Gasteiger partial charge in [-0.2, -0.15) is 0 Å². The van der Waals surface area contributed by atoms with E-state index in [4.69, 9.17) is 9.47 Å². The second kappa shape index (κ2) is 4.36. The Kier molecular flexibility index (Phi) is 3.29. The number of carbonyl (C=O) groups excluding carboxylic acids is 1. The Hall–Kier alpha value is -0.850. The zero-order valence-electron chi connectivity index (χ0n) is 11.0. The molecule has 0 aliphatic carbocycles. The summed E-state index contributed by atoms with van der Waals surface area (Å²) in [5.41, 5.74) is -1.43. The van der Waals surface area contributed by atoms with Crippen molar-refractivity contribution in [3.8, 4) is 0 Å². The summed E-state index contributed by atoms with van der Waals surface area (Å²) >= 11 is 0. The molecule has 18 heavy (non-hydrogen) atoms. The van der Waals surface area contributed by atoms with Gasteiger partial charge in [0.1, 0.15) is 17.2 Å². The molecule has 3 unspecified atom stereocenters. The molecule has 2 heterocycles. The number of carbonyl (C=O) groups is 1. The molecule has 6 nitrogen and oxygen atoms in total. The Morgan fingerprint density at radius 3 is 2.61 bits per heavy atom. The van der Waals surface area contributed by atoms with E-state index < -0.39 is 29.4 Å². The first-order valence-corrected chi connectivity index (χ1v) is 6.21. The molecule has 1 spiro atoms. The van der Waals surface area contributed by atoms with Crippen LogP contribution in [0.2, 0.25) is 0 Å². The highest BCUT2D eigenvalue weighted by Crippen LogP contribution is 2.37. The topological polar surface area (TPSA) is 79.2 Å². The average molecular weight is 259 g/mol. The third-order valence-corrected chi connectivity index (χ3v) is 3.47. The highest BCUT2D eigenvalue weighted by Gasteiger charge is 2.57. The van der Waals surface area contributed by atoms with Crippen molar-refractivity contribution in [2.24, 2.45) is 0 Å². The summed E-state index contributed by atoms with van der Waals surface area (Å²) in [6.07, 6.45) is -1.92. The highest BCUT2D eigenvalue weighted by molar-refractivity contribution is 5.70. The summed E-state index contributed by atoms with van der Waals surface area (Å²) in [4.78, 5) is 13.6. The van der Waals surface area contributed by atoms with Gasteiger partial charge >= 0.3 is 6.09 Å². The fraction of sp³-hybridized carbons (Fsp3) is 0.917. The Labute approximate surface area is 106 Å². The number of β-amino-alcohol motifs (C(OH)–C–C–N with tert-alkyl or cyclic N) is 1. The van der Waals surface area contributed by atoms with Crippen molar-refractivity contribution in [2.45, 2.75) is 50.5 Å². The Bertz CT molecular complexity index is 332. The first-order chi connectivity index (χ1) is 8.26. The van der Waals surface area contributed by atoms with E-state index in [1.807, 2.05) is 0 Å². The van der Waals surface area contributed by atoms with Crippen molar-refractivity contribution in [2.75, 3.05) is 19.8 Å². The normalized spacial score (nSPS) is 36.4. The van der Waals surface area contributed by atoms with Crippen LogP contribution in [0.3, 0.4) is 0 Å². The first kappa shape index (κ1) is 13.6. The maximum absolute atomic E-state index is 12.1. The molecule has 2 aliphatic rings. The molecule has 1 amide bonds. The first-order valence-electron chi connectivity index (χ1n) is 6.21. The van der Waals surface area contributed by atoms with Crippen LogP contribution in [0.1, 0.15) is 27.2 Å².